The minimum absolute atomic E-state index is 0.0432. The van der Waals surface area contributed by atoms with Gasteiger partial charge in [0.15, 0.2) is 0 Å². The molecule has 1 aromatic carbocycles. The number of ether oxygens (including phenoxy) is 2. The van der Waals surface area contributed by atoms with Gasteiger partial charge in [0.05, 0.1) is 24.9 Å². The number of carbonyl (C=O) groups excluding carboxylic acids is 1. The van der Waals surface area contributed by atoms with Crippen LogP contribution >= 0.6 is 0 Å². The first-order valence-corrected chi connectivity index (χ1v) is 7.40. The molecule has 124 valence electrons. The molecule has 0 radical (unpaired) electrons. The van der Waals surface area contributed by atoms with E-state index in [2.05, 4.69) is 10.1 Å². The number of rotatable bonds is 8. The van der Waals surface area contributed by atoms with Gasteiger partial charge in [0, 0.05) is 14.2 Å². The van der Waals surface area contributed by atoms with Crippen LogP contribution in [0.25, 0.3) is 5.69 Å². The molecule has 0 N–H and O–H groups in total. The Morgan fingerprint density at radius 2 is 2.04 bits per heavy atom. The number of nitrogens with zero attached hydrogens (tertiary/aromatic N) is 4. The Bertz CT molecular complexity index is 598. The number of hydrogen-bond acceptors (Lipinski definition) is 5. The molecule has 0 aliphatic carbocycles. The van der Waals surface area contributed by atoms with E-state index in [1.165, 1.54) is 6.33 Å². The number of amides is 1. The van der Waals surface area contributed by atoms with Crippen molar-refractivity contribution in [3.63, 3.8) is 0 Å². The molecule has 7 heteroatoms. The summed E-state index contributed by atoms with van der Waals surface area (Å²) in [5, 5.41) is 4.09. The first kappa shape index (κ1) is 17.1. The van der Waals surface area contributed by atoms with Crippen molar-refractivity contribution < 1.29 is 14.3 Å². The number of hydrogen-bond donors (Lipinski definition) is 0. The van der Waals surface area contributed by atoms with Crippen LogP contribution in [0.15, 0.2) is 36.9 Å². The second kappa shape index (κ2) is 8.40. The fourth-order valence-electron chi connectivity index (χ4n) is 2.09. The van der Waals surface area contributed by atoms with Crippen molar-refractivity contribution in [2.75, 3.05) is 34.0 Å². The maximum atomic E-state index is 12.1. The maximum absolute atomic E-state index is 12.1. The Kier molecular flexibility index (Phi) is 6.25. The fraction of sp³-hybridized carbons (Fsp3) is 0.438. The number of benzene rings is 1. The molecule has 1 amide bonds. The molecule has 0 fully saturated rings. The number of carbonyl (C=O) groups is 1. The predicted octanol–water partition coefficient (Wildman–Crippen LogP) is 1.45. The van der Waals surface area contributed by atoms with Crippen molar-refractivity contribution in [2.45, 2.75) is 13.0 Å². The van der Waals surface area contributed by atoms with Crippen molar-refractivity contribution in [3.8, 4) is 5.69 Å². The van der Waals surface area contributed by atoms with Crippen LogP contribution in [0.5, 0.6) is 0 Å². The van der Waals surface area contributed by atoms with Gasteiger partial charge in [-0.25, -0.2) is 9.67 Å². The monoisotopic (exact) mass is 318 g/mol. The highest BCUT2D eigenvalue weighted by atomic mass is 16.5. The molecule has 0 saturated carbocycles. The Hall–Kier alpha value is -2.25. The average molecular weight is 318 g/mol. The Morgan fingerprint density at radius 1 is 1.30 bits per heavy atom. The Labute approximate surface area is 135 Å². The average Bonchev–Trinajstić information content (AvgIpc) is 3.12. The van der Waals surface area contributed by atoms with E-state index in [4.69, 9.17) is 9.47 Å². The lowest BCUT2D eigenvalue weighted by Crippen LogP contribution is -2.33. The van der Waals surface area contributed by atoms with Gasteiger partial charge in [0.25, 0.3) is 0 Å². The third-order valence-corrected chi connectivity index (χ3v) is 3.69. The summed E-state index contributed by atoms with van der Waals surface area (Å²) in [5.74, 6) is -0.0612. The van der Waals surface area contributed by atoms with Crippen LogP contribution in [0, 0.1) is 0 Å². The fourth-order valence-corrected chi connectivity index (χ4v) is 2.09. The second-order valence-corrected chi connectivity index (χ2v) is 5.16. The van der Waals surface area contributed by atoms with Gasteiger partial charge < -0.3 is 14.4 Å². The van der Waals surface area contributed by atoms with Crippen LogP contribution in [0.2, 0.25) is 0 Å². The number of methoxy groups -OCH3 is 1. The minimum Gasteiger partial charge on any atom is -0.382 e. The molecule has 23 heavy (non-hydrogen) atoms. The summed E-state index contributed by atoms with van der Waals surface area (Å²) in [6.07, 6.45) is 3.14. The summed E-state index contributed by atoms with van der Waals surface area (Å²) in [7, 11) is 3.38. The molecule has 0 aliphatic rings. The van der Waals surface area contributed by atoms with E-state index in [-0.39, 0.29) is 18.6 Å². The summed E-state index contributed by atoms with van der Waals surface area (Å²) in [6, 6.07) is 7.83. The van der Waals surface area contributed by atoms with Gasteiger partial charge >= 0.3 is 0 Å². The third kappa shape index (κ3) is 4.61. The van der Waals surface area contributed by atoms with Gasteiger partial charge in [-0.3, -0.25) is 4.79 Å². The van der Waals surface area contributed by atoms with Gasteiger partial charge in [0.2, 0.25) is 5.91 Å². The first-order valence-electron chi connectivity index (χ1n) is 7.40. The molecule has 7 nitrogen and oxygen atoms in total. The van der Waals surface area contributed by atoms with Crippen LogP contribution < -0.4 is 0 Å². The molecule has 2 aromatic rings. The molecule has 0 saturated heterocycles. The van der Waals surface area contributed by atoms with Crippen LogP contribution in [-0.4, -0.2) is 59.5 Å². The molecular weight excluding hydrogens is 296 g/mol. The number of aromatic nitrogens is 3. The van der Waals surface area contributed by atoms with Gasteiger partial charge in [-0.15, -0.1) is 0 Å². The van der Waals surface area contributed by atoms with E-state index in [1.54, 1.807) is 30.1 Å². The zero-order valence-electron chi connectivity index (χ0n) is 13.7. The zero-order chi connectivity index (χ0) is 16.7. The highest BCUT2D eigenvalue weighted by Gasteiger charge is 2.17. The lowest BCUT2D eigenvalue weighted by Gasteiger charge is -2.25. The Balaban J connectivity index is 1.93. The molecule has 1 heterocycles. The Morgan fingerprint density at radius 3 is 2.65 bits per heavy atom. The smallest absolute Gasteiger partial charge is 0.248 e. The number of likely N-dealkylation sites (N-methyl/N-ethyl adjacent to an activating group) is 1. The molecule has 2 rings (SSSR count). The van der Waals surface area contributed by atoms with E-state index in [0.717, 1.165) is 11.3 Å². The highest BCUT2D eigenvalue weighted by Crippen LogP contribution is 2.20. The first-order chi connectivity index (χ1) is 11.1. The van der Waals surface area contributed by atoms with Gasteiger partial charge in [-0.05, 0) is 24.6 Å². The minimum atomic E-state index is -0.0612. The molecule has 0 spiro atoms. The van der Waals surface area contributed by atoms with Crippen molar-refractivity contribution in [2.24, 2.45) is 0 Å². The van der Waals surface area contributed by atoms with E-state index in [0.29, 0.717) is 13.2 Å². The van der Waals surface area contributed by atoms with Crippen LogP contribution in [-0.2, 0) is 14.3 Å². The maximum Gasteiger partial charge on any atom is 0.248 e. The van der Waals surface area contributed by atoms with Crippen molar-refractivity contribution in [1.82, 2.24) is 19.7 Å². The van der Waals surface area contributed by atoms with Gasteiger partial charge in [-0.1, -0.05) is 12.1 Å². The molecule has 0 aliphatic heterocycles. The quantitative estimate of drug-likeness (QED) is 0.689. The van der Waals surface area contributed by atoms with Gasteiger partial charge in [-0.2, -0.15) is 5.10 Å². The van der Waals surface area contributed by atoms with E-state index in [9.17, 15) is 4.79 Å². The predicted molar refractivity (Wildman–Crippen MR) is 85.2 cm³/mol. The van der Waals surface area contributed by atoms with Crippen molar-refractivity contribution >= 4 is 5.91 Å². The van der Waals surface area contributed by atoms with E-state index in [1.807, 2.05) is 31.2 Å². The summed E-state index contributed by atoms with van der Waals surface area (Å²) < 4.78 is 11.8. The lowest BCUT2D eigenvalue weighted by molar-refractivity contribution is -0.137. The van der Waals surface area contributed by atoms with E-state index < -0.39 is 0 Å². The van der Waals surface area contributed by atoms with Gasteiger partial charge in [0.1, 0.15) is 19.3 Å². The molecule has 1 unspecified atom stereocenters. The standard InChI is InChI=1S/C16H22N4O3/c1-13(19(2)16(21)10-23-9-8-22-3)14-4-6-15(7-5-14)20-12-17-11-18-20/h4-7,11-13H,8-10H2,1-3H3. The third-order valence-electron chi connectivity index (χ3n) is 3.69. The summed E-state index contributed by atoms with van der Waals surface area (Å²) in [4.78, 5) is 17.7. The molecule has 0 bridgehead atoms. The normalized spacial score (nSPS) is 12.1. The van der Waals surface area contributed by atoms with Crippen LogP contribution in [0.1, 0.15) is 18.5 Å². The largest absolute Gasteiger partial charge is 0.382 e. The molecular formula is C16H22N4O3. The lowest BCUT2D eigenvalue weighted by atomic mass is 10.1. The topological polar surface area (TPSA) is 69.5 Å². The molecule has 1 aromatic heterocycles. The van der Waals surface area contributed by atoms with Crippen molar-refractivity contribution in [1.29, 1.82) is 0 Å². The summed E-state index contributed by atoms with van der Waals surface area (Å²) in [5.41, 5.74) is 1.97. The summed E-state index contributed by atoms with van der Waals surface area (Å²) >= 11 is 0. The van der Waals surface area contributed by atoms with Crippen molar-refractivity contribution in [3.05, 3.63) is 42.5 Å². The van der Waals surface area contributed by atoms with Crippen LogP contribution in [0.4, 0.5) is 0 Å². The highest BCUT2D eigenvalue weighted by molar-refractivity contribution is 5.77. The summed E-state index contributed by atoms with van der Waals surface area (Å²) in [6.45, 7) is 2.94. The second-order valence-electron chi connectivity index (χ2n) is 5.16. The SMILES string of the molecule is COCCOCC(=O)N(C)C(C)c1ccc(-n2cncn2)cc1. The zero-order valence-corrected chi connectivity index (χ0v) is 13.7. The van der Waals surface area contributed by atoms with E-state index >= 15 is 0 Å². The van der Waals surface area contributed by atoms with Crippen LogP contribution in [0.3, 0.4) is 0 Å². The molecule has 1 atom stereocenters.